The summed E-state index contributed by atoms with van der Waals surface area (Å²) in [6.45, 7) is 6.56. The maximum absolute atomic E-state index is 11.7. The van der Waals surface area contributed by atoms with Gasteiger partial charge in [-0.05, 0) is 38.5 Å². The molecule has 100 valence electrons. The van der Waals surface area contributed by atoms with E-state index >= 15 is 0 Å². The second-order valence-electron chi connectivity index (χ2n) is 4.62. The van der Waals surface area contributed by atoms with Crippen LogP contribution in [0.2, 0.25) is 0 Å². The Morgan fingerprint density at radius 1 is 1.11 bits per heavy atom. The molecule has 1 aromatic carbocycles. The Morgan fingerprint density at radius 2 is 1.79 bits per heavy atom. The summed E-state index contributed by atoms with van der Waals surface area (Å²) in [5.41, 5.74) is 4.45. The fourth-order valence-electron chi connectivity index (χ4n) is 2.09. The van der Waals surface area contributed by atoms with E-state index in [1.807, 2.05) is 30.5 Å². The highest BCUT2D eigenvalue weighted by Gasteiger charge is 2.11. The zero-order valence-electron chi connectivity index (χ0n) is 11.6. The van der Waals surface area contributed by atoms with Gasteiger partial charge < -0.3 is 9.30 Å². The van der Waals surface area contributed by atoms with E-state index < -0.39 is 0 Å². The van der Waals surface area contributed by atoms with E-state index in [0.717, 1.165) is 17.0 Å². The summed E-state index contributed by atoms with van der Waals surface area (Å²) in [5.74, 6) is -0.199. The van der Waals surface area contributed by atoms with Crippen LogP contribution in [0, 0.1) is 13.8 Å². The minimum atomic E-state index is -0.199. The van der Waals surface area contributed by atoms with Gasteiger partial charge in [-0.15, -0.1) is 0 Å². The summed E-state index contributed by atoms with van der Waals surface area (Å²) >= 11 is 0. The Balaban J connectivity index is 2.31. The van der Waals surface area contributed by atoms with Gasteiger partial charge in [0.25, 0.3) is 0 Å². The van der Waals surface area contributed by atoms with Crippen molar-refractivity contribution in [2.24, 2.45) is 0 Å². The average molecular weight is 257 g/mol. The van der Waals surface area contributed by atoms with Gasteiger partial charge in [-0.3, -0.25) is 4.79 Å². The van der Waals surface area contributed by atoms with Crippen LogP contribution in [-0.4, -0.2) is 17.1 Å². The highest BCUT2D eigenvalue weighted by Crippen LogP contribution is 2.23. The number of carbonyl (C=O) groups is 1. The number of hydrogen-bond acceptors (Lipinski definition) is 2. The van der Waals surface area contributed by atoms with Crippen molar-refractivity contribution in [1.29, 1.82) is 0 Å². The molecule has 0 N–H and O–H groups in total. The van der Waals surface area contributed by atoms with Crippen molar-refractivity contribution in [3.63, 3.8) is 0 Å². The summed E-state index contributed by atoms with van der Waals surface area (Å²) in [7, 11) is 0. The highest BCUT2D eigenvalue weighted by atomic mass is 16.5. The van der Waals surface area contributed by atoms with E-state index in [9.17, 15) is 4.79 Å². The van der Waals surface area contributed by atoms with Crippen LogP contribution in [0.3, 0.4) is 0 Å². The molecular formula is C16H19NO2. The number of nitrogens with zero attached hydrogens (tertiary/aromatic N) is 1. The van der Waals surface area contributed by atoms with Gasteiger partial charge >= 0.3 is 5.97 Å². The van der Waals surface area contributed by atoms with Gasteiger partial charge in [0, 0.05) is 11.4 Å². The summed E-state index contributed by atoms with van der Waals surface area (Å²) in [6, 6.07) is 12.4. The lowest BCUT2D eigenvalue weighted by molar-refractivity contribution is -0.143. The molecule has 19 heavy (non-hydrogen) atoms. The first-order valence-electron chi connectivity index (χ1n) is 6.50. The Bertz CT molecular complexity index is 567. The van der Waals surface area contributed by atoms with Crippen molar-refractivity contribution in [2.75, 3.05) is 6.61 Å². The van der Waals surface area contributed by atoms with E-state index in [0.29, 0.717) is 6.61 Å². The lowest BCUT2D eigenvalue weighted by Crippen LogP contribution is -2.15. The first-order valence-corrected chi connectivity index (χ1v) is 6.50. The van der Waals surface area contributed by atoms with Crippen molar-refractivity contribution >= 4 is 5.97 Å². The Labute approximate surface area is 113 Å². The van der Waals surface area contributed by atoms with E-state index in [4.69, 9.17) is 4.74 Å². The van der Waals surface area contributed by atoms with Gasteiger partial charge in [0.2, 0.25) is 0 Å². The number of aryl methyl sites for hydroxylation is 2. The molecule has 2 rings (SSSR count). The van der Waals surface area contributed by atoms with Crippen LogP contribution in [0.15, 0.2) is 36.4 Å². The predicted molar refractivity (Wildman–Crippen MR) is 76.0 cm³/mol. The fourth-order valence-corrected chi connectivity index (χ4v) is 2.09. The van der Waals surface area contributed by atoms with Crippen LogP contribution < -0.4 is 0 Å². The molecule has 0 aliphatic rings. The van der Waals surface area contributed by atoms with Crippen molar-refractivity contribution < 1.29 is 9.53 Å². The van der Waals surface area contributed by atoms with Gasteiger partial charge in [0.1, 0.15) is 6.54 Å². The third-order valence-electron chi connectivity index (χ3n) is 3.14. The minimum absolute atomic E-state index is 0.199. The van der Waals surface area contributed by atoms with Crippen molar-refractivity contribution in [3.05, 3.63) is 47.7 Å². The summed E-state index contributed by atoms with van der Waals surface area (Å²) in [4.78, 5) is 11.7. The number of esters is 1. The SMILES string of the molecule is CCOC(=O)Cn1c(C)ccc1-c1ccc(C)cc1. The largest absolute Gasteiger partial charge is 0.465 e. The number of ether oxygens (including phenoxy) is 1. The molecule has 0 saturated carbocycles. The molecule has 0 unspecified atom stereocenters. The molecule has 0 bridgehead atoms. The highest BCUT2D eigenvalue weighted by molar-refractivity contribution is 5.71. The van der Waals surface area contributed by atoms with Crippen molar-refractivity contribution in [2.45, 2.75) is 27.3 Å². The predicted octanol–water partition coefficient (Wildman–Crippen LogP) is 3.34. The van der Waals surface area contributed by atoms with Crippen molar-refractivity contribution in [1.82, 2.24) is 4.57 Å². The third-order valence-corrected chi connectivity index (χ3v) is 3.14. The Kier molecular flexibility index (Phi) is 4.05. The van der Waals surface area contributed by atoms with E-state index in [1.54, 1.807) is 0 Å². The number of aromatic nitrogens is 1. The first kappa shape index (κ1) is 13.4. The first-order chi connectivity index (χ1) is 9.11. The lowest BCUT2D eigenvalue weighted by atomic mass is 10.1. The van der Waals surface area contributed by atoms with Crippen LogP contribution in [0.25, 0.3) is 11.3 Å². The van der Waals surface area contributed by atoms with Crippen LogP contribution in [0.1, 0.15) is 18.2 Å². The number of rotatable bonds is 4. The van der Waals surface area contributed by atoms with Crippen molar-refractivity contribution in [3.8, 4) is 11.3 Å². The average Bonchev–Trinajstić information content (AvgIpc) is 2.73. The molecular weight excluding hydrogens is 238 g/mol. The quantitative estimate of drug-likeness (QED) is 0.787. The van der Waals surface area contributed by atoms with Crippen LogP contribution >= 0.6 is 0 Å². The molecule has 3 heteroatoms. The summed E-state index contributed by atoms with van der Waals surface area (Å²) in [6.07, 6.45) is 0. The molecule has 0 aliphatic heterocycles. The van der Waals surface area contributed by atoms with Gasteiger partial charge in [0.05, 0.1) is 6.61 Å². The molecule has 0 radical (unpaired) electrons. The molecule has 0 amide bonds. The smallest absolute Gasteiger partial charge is 0.325 e. The van der Waals surface area contributed by atoms with Crippen LogP contribution in [0.4, 0.5) is 0 Å². The van der Waals surface area contributed by atoms with Gasteiger partial charge in [0.15, 0.2) is 0 Å². The zero-order valence-corrected chi connectivity index (χ0v) is 11.6. The van der Waals surface area contributed by atoms with Crippen LogP contribution in [-0.2, 0) is 16.1 Å². The normalized spacial score (nSPS) is 10.5. The molecule has 2 aromatic rings. The number of benzene rings is 1. The molecule has 3 nitrogen and oxygen atoms in total. The number of carbonyl (C=O) groups excluding carboxylic acids is 1. The van der Waals surface area contributed by atoms with Gasteiger partial charge in [-0.1, -0.05) is 29.8 Å². The summed E-state index contributed by atoms with van der Waals surface area (Å²) in [5, 5.41) is 0. The summed E-state index contributed by atoms with van der Waals surface area (Å²) < 4.78 is 7.01. The molecule has 0 spiro atoms. The van der Waals surface area contributed by atoms with E-state index in [-0.39, 0.29) is 12.5 Å². The van der Waals surface area contributed by atoms with Crippen LogP contribution in [0.5, 0.6) is 0 Å². The fraction of sp³-hybridized carbons (Fsp3) is 0.312. The molecule has 0 saturated heterocycles. The lowest BCUT2D eigenvalue weighted by Gasteiger charge is -2.11. The molecule has 1 heterocycles. The molecule has 0 atom stereocenters. The number of hydrogen-bond donors (Lipinski definition) is 0. The van der Waals surface area contributed by atoms with Gasteiger partial charge in [-0.25, -0.2) is 0 Å². The Morgan fingerprint density at radius 3 is 2.42 bits per heavy atom. The zero-order chi connectivity index (χ0) is 13.8. The van der Waals surface area contributed by atoms with E-state index in [1.165, 1.54) is 5.56 Å². The molecule has 0 aliphatic carbocycles. The standard InChI is InChI=1S/C16H19NO2/c1-4-19-16(18)11-17-13(3)7-10-15(17)14-8-5-12(2)6-9-14/h5-10H,4,11H2,1-3H3. The maximum atomic E-state index is 11.7. The minimum Gasteiger partial charge on any atom is -0.465 e. The monoisotopic (exact) mass is 257 g/mol. The topological polar surface area (TPSA) is 31.2 Å². The second kappa shape index (κ2) is 5.74. The van der Waals surface area contributed by atoms with E-state index in [2.05, 4.69) is 31.2 Å². The van der Waals surface area contributed by atoms with Gasteiger partial charge in [-0.2, -0.15) is 0 Å². The molecule has 1 aromatic heterocycles. The second-order valence-corrected chi connectivity index (χ2v) is 4.62. The maximum Gasteiger partial charge on any atom is 0.325 e. The molecule has 0 fully saturated rings. The third kappa shape index (κ3) is 3.05. The Hall–Kier alpha value is -2.03.